The number of aryl methyl sites for hydroxylation is 1. The Kier molecular flexibility index (Phi) is 9.29. The van der Waals surface area contributed by atoms with Crippen molar-refractivity contribution in [2.75, 3.05) is 0 Å². The largest absolute Gasteiger partial charge is 0.472 e. The van der Waals surface area contributed by atoms with Crippen molar-refractivity contribution in [1.82, 2.24) is 0 Å². The third-order valence-electron chi connectivity index (χ3n) is 3.99. The van der Waals surface area contributed by atoms with Gasteiger partial charge in [-0.1, -0.05) is 44.1 Å². The zero-order valence-electron chi connectivity index (χ0n) is 14.3. The Balaban J connectivity index is 2.16. The van der Waals surface area contributed by atoms with Gasteiger partial charge >= 0.3 is 0 Å². The molecule has 1 rings (SSSR count). The number of rotatable bonds is 11. The van der Waals surface area contributed by atoms with E-state index in [4.69, 9.17) is 4.42 Å². The summed E-state index contributed by atoms with van der Waals surface area (Å²) in [5, 5.41) is 0. The second-order valence-corrected chi connectivity index (χ2v) is 6.40. The predicted octanol–water partition coefficient (Wildman–Crippen LogP) is 5.75. The van der Waals surface area contributed by atoms with Crippen LogP contribution in [0.4, 0.5) is 0 Å². The van der Waals surface area contributed by atoms with Crippen molar-refractivity contribution in [2.45, 2.75) is 59.3 Å². The first-order chi connectivity index (χ1) is 10.6. The Hall–Kier alpha value is -1.57. The molecular formula is C20H30O2. The lowest BCUT2D eigenvalue weighted by molar-refractivity contribution is -0.110. The van der Waals surface area contributed by atoms with Crippen LogP contribution in [0.25, 0.3) is 0 Å². The molecule has 0 bridgehead atoms. The molecule has 0 fully saturated rings. The second-order valence-electron chi connectivity index (χ2n) is 6.40. The summed E-state index contributed by atoms with van der Waals surface area (Å²) in [4.78, 5) is 10.6. The normalized spacial score (nSPS) is 15.1. The highest BCUT2D eigenvalue weighted by atomic mass is 16.3. The number of carbonyl (C=O) groups is 1. The zero-order chi connectivity index (χ0) is 16.2. The van der Waals surface area contributed by atoms with Gasteiger partial charge in [-0.2, -0.15) is 0 Å². The van der Waals surface area contributed by atoms with Gasteiger partial charge in [-0.3, -0.25) is 0 Å². The van der Waals surface area contributed by atoms with Crippen LogP contribution >= 0.6 is 0 Å². The Morgan fingerprint density at radius 3 is 2.68 bits per heavy atom. The van der Waals surface area contributed by atoms with Gasteiger partial charge in [0.1, 0.15) is 6.29 Å². The van der Waals surface area contributed by atoms with Gasteiger partial charge in [-0.15, -0.1) is 0 Å². The topological polar surface area (TPSA) is 30.2 Å². The lowest BCUT2D eigenvalue weighted by Gasteiger charge is -2.07. The number of hydrogen-bond donors (Lipinski definition) is 0. The van der Waals surface area contributed by atoms with Crippen LogP contribution in [0.15, 0.2) is 46.8 Å². The summed E-state index contributed by atoms with van der Waals surface area (Å²) < 4.78 is 5.07. The Morgan fingerprint density at radius 2 is 2.00 bits per heavy atom. The SMILES string of the molecule is CC(=CC=CC(C)CCCC(C)C=O)CCCc1ccoc1. The van der Waals surface area contributed by atoms with Gasteiger partial charge in [0.25, 0.3) is 0 Å². The Bertz CT molecular complexity index is 454. The molecule has 0 aliphatic rings. The maximum absolute atomic E-state index is 10.6. The maximum Gasteiger partial charge on any atom is 0.122 e. The predicted molar refractivity (Wildman–Crippen MR) is 92.8 cm³/mol. The van der Waals surface area contributed by atoms with Gasteiger partial charge in [0, 0.05) is 5.92 Å². The van der Waals surface area contributed by atoms with E-state index in [1.165, 1.54) is 11.1 Å². The van der Waals surface area contributed by atoms with E-state index in [0.717, 1.165) is 44.8 Å². The third kappa shape index (κ3) is 8.66. The van der Waals surface area contributed by atoms with Crippen molar-refractivity contribution in [2.24, 2.45) is 11.8 Å². The first-order valence-corrected chi connectivity index (χ1v) is 8.42. The van der Waals surface area contributed by atoms with E-state index in [2.05, 4.69) is 32.1 Å². The van der Waals surface area contributed by atoms with Crippen molar-refractivity contribution >= 4 is 6.29 Å². The molecule has 2 unspecified atom stereocenters. The van der Waals surface area contributed by atoms with E-state index >= 15 is 0 Å². The average molecular weight is 302 g/mol. The molecule has 1 aromatic heterocycles. The lowest BCUT2D eigenvalue weighted by atomic mass is 9.99. The van der Waals surface area contributed by atoms with Crippen LogP contribution in [-0.2, 0) is 11.2 Å². The van der Waals surface area contributed by atoms with Gasteiger partial charge in [-0.25, -0.2) is 0 Å². The molecule has 1 heterocycles. The van der Waals surface area contributed by atoms with Crippen LogP contribution in [0.1, 0.15) is 58.4 Å². The van der Waals surface area contributed by atoms with Gasteiger partial charge in [-0.05, 0) is 56.6 Å². The molecule has 0 saturated carbocycles. The van der Waals surface area contributed by atoms with E-state index in [-0.39, 0.29) is 5.92 Å². The second kappa shape index (κ2) is 11.1. The number of allylic oxidation sites excluding steroid dienone is 4. The first kappa shape index (κ1) is 18.5. The minimum absolute atomic E-state index is 0.202. The highest BCUT2D eigenvalue weighted by Crippen LogP contribution is 2.14. The van der Waals surface area contributed by atoms with E-state index in [1.54, 1.807) is 6.26 Å². The molecule has 0 aliphatic heterocycles. The molecule has 2 heteroatoms. The van der Waals surface area contributed by atoms with Crippen LogP contribution in [0.3, 0.4) is 0 Å². The fraction of sp³-hybridized carbons (Fsp3) is 0.550. The monoisotopic (exact) mass is 302 g/mol. The van der Waals surface area contributed by atoms with Gasteiger partial charge in [0.15, 0.2) is 0 Å². The molecule has 0 N–H and O–H groups in total. The van der Waals surface area contributed by atoms with Crippen LogP contribution in [-0.4, -0.2) is 6.29 Å². The molecular weight excluding hydrogens is 272 g/mol. The summed E-state index contributed by atoms with van der Waals surface area (Å²) in [7, 11) is 0. The summed E-state index contributed by atoms with van der Waals surface area (Å²) >= 11 is 0. The molecule has 1 aromatic rings. The first-order valence-electron chi connectivity index (χ1n) is 8.42. The van der Waals surface area contributed by atoms with Crippen molar-refractivity contribution in [1.29, 1.82) is 0 Å². The number of aldehydes is 1. The molecule has 0 radical (unpaired) electrons. The number of hydrogen-bond acceptors (Lipinski definition) is 2. The lowest BCUT2D eigenvalue weighted by Crippen LogP contribution is -1.97. The molecule has 0 aromatic carbocycles. The molecule has 2 nitrogen and oxygen atoms in total. The van der Waals surface area contributed by atoms with Crippen molar-refractivity contribution < 1.29 is 9.21 Å². The Morgan fingerprint density at radius 1 is 1.23 bits per heavy atom. The number of furan rings is 1. The van der Waals surface area contributed by atoms with Crippen LogP contribution in [0, 0.1) is 11.8 Å². The van der Waals surface area contributed by atoms with Crippen LogP contribution < -0.4 is 0 Å². The molecule has 22 heavy (non-hydrogen) atoms. The molecule has 0 saturated heterocycles. The molecule has 2 atom stereocenters. The fourth-order valence-electron chi connectivity index (χ4n) is 2.43. The van der Waals surface area contributed by atoms with Crippen molar-refractivity contribution in [3.63, 3.8) is 0 Å². The highest BCUT2D eigenvalue weighted by Gasteiger charge is 2.01. The summed E-state index contributed by atoms with van der Waals surface area (Å²) in [6, 6.07) is 2.03. The summed E-state index contributed by atoms with van der Waals surface area (Å²) in [5.74, 6) is 0.780. The average Bonchev–Trinajstić information content (AvgIpc) is 3.00. The quantitative estimate of drug-likeness (QED) is 0.385. The number of carbonyl (C=O) groups excluding carboxylic acids is 1. The summed E-state index contributed by atoms with van der Waals surface area (Å²) in [6.07, 6.45) is 17.9. The standard InChI is InChI=1S/C20H30O2/c1-17(9-5-11-19(3)15-21)7-4-8-18(2)10-6-12-20-13-14-22-16-20/h4,7-8,13-17,19H,5-6,9-12H2,1-3H3. The van der Waals surface area contributed by atoms with Gasteiger partial charge in [0.05, 0.1) is 12.5 Å². The van der Waals surface area contributed by atoms with Crippen molar-refractivity contribution in [3.05, 3.63) is 48.0 Å². The smallest absolute Gasteiger partial charge is 0.122 e. The summed E-state index contributed by atoms with van der Waals surface area (Å²) in [6.45, 7) is 6.42. The molecule has 0 spiro atoms. The maximum atomic E-state index is 10.6. The molecule has 0 amide bonds. The van der Waals surface area contributed by atoms with E-state index in [9.17, 15) is 4.79 Å². The minimum atomic E-state index is 0.202. The third-order valence-corrected chi connectivity index (χ3v) is 3.99. The van der Waals surface area contributed by atoms with Crippen LogP contribution in [0.5, 0.6) is 0 Å². The van der Waals surface area contributed by atoms with Crippen LogP contribution in [0.2, 0.25) is 0 Å². The van der Waals surface area contributed by atoms with Crippen molar-refractivity contribution in [3.8, 4) is 0 Å². The van der Waals surface area contributed by atoms with E-state index in [0.29, 0.717) is 5.92 Å². The zero-order valence-corrected chi connectivity index (χ0v) is 14.3. The summed E-state index contributed by atoms with van der Waals surface area (Å²) in [5.41, 5.74) is 2.70. The molecule has 0 aliphatic carbocycles. The fourth-order valence-corrected chi connectivity index (χ4v) is 2.43. The van der Waals surface area contributed by atoms with Gasteiger partial charge < -0.3 is 9.21 Å². The minimum Gasteiger partial charge on any atom is -0.472 e. The Labute approximate surface area is 135 Å². The van der Waals surface area contributed by atoms with Gasteiger partial charge in [0.2, 0.25) is 0 Å². The molecule has 122 valence electrons. The van der Waals surface area contributed by atoms with E-state index in [1.807, 2.05) is 19.3 Å². The highest BCUT2D eigenvalue weighted by molar-refractivity contribution is 5.52. The van der Waals surface area contributed by atoms with E-state index < -0.39 is 0 Å².